The Kier molecular flexibility index (Phi) is 10.7. The van der Waals surface area contributed by atoms with Crippen molar-refractivity contribution in [3.63, 3.8) is 0 Å². The molecule has 1 aliphatic carbocycles. The molecule has 5 nitrogen and oxygen atoms in total. The summed E-state index contributed by atoms with van der Waals surface area (Å²) in [5.74, 6) is -0.325. The van der Waals surface area contributed by atoms with Gasteiger partial charge in [0.15, 0.2) is 0 Å². The van der Waals surface area contributed by atoms with E-state index in [0.29, 0.717) is 51.0 Å². The van der Waals surface area contributed by atoms with Gasteiger partial charge in [-0.3, -0.25) is 9.59 Å². The normalized spacial score (nSPS) is 16.6. The maximum absolute atomic E-state index is 13.8. The van der Waals surface area contributed by atoms with Crippen LogP contribution in [0.1, 0.15) is 107 Å². The van der Waals surface area contributed by atoms with Crippen molar-refractivity contribution in [2.75, 3.05) is 26.2 Å². The number of halogens is 2. The van der Waals surface area contributed by atoms with Crippen LogP contribution in [0.25, 0.3) is 0 Å². The number of amides is 2. The van der Waals surface area contributed by atoms with Gasteiger partial charge in [-0.1, -0.05) is 72.2 Å². The molecule has 7 heteroatoms. The van der Waals surface area contributed by atoms with Crippen LogP contribution in [0.5, 0.6) is 5.75 Å². The summed E-state index contributed by atoms with van der Waals surface area (Å²) in [6.45, 7) is 14.0. The van der Waals surface area contributed by atoms with Crippen LogP contribution >= 0.6 is 0 Å². The Morgan fingerprint density at radius 3 is 1.98 bits per heavy atom. The molecule has 1 atom stereocenters. The summed E-state index contributed by atoms with van der Waals surface area (Å²) in [7, 11) is 0. The third-order valence-corrected chi connectivity index (χ3v) is 8.80. The second-order valence-electron chi connectivity index (χ2n) is 14.3. The van der Waals surface area contributed by atoms with E-state index in [0.717, 1.165) is 35.1 Å². The van der Waals surface area contributed by atoms with Crippen molar-refractivity contribution in [3.8, 4) is 5.75 Å². The molecule has 0 bridgehead atoms. The van der Waals surface area contributed by atoms with Crippen LogP contribution in [0.3, 0.4) is 0 Å². The number of phenolic OH excluding ortho intramolecular Hbond substituents is 1. The smallest absolute Gasteiger partial charge is 0.253 e. The Morgan fingerprint density at radius 1 is 0.822 bits per heavy atom. The van der Waals surface area contributed by atoms with E-state index in [1.54, 1.807) is 23.1 Å². The summed E-state index contributed by atoms with van der Waals surface area (Å²) in [4.78, 5) is 30.4. The molecule has 1 N–H and O–H groups in total. The fourth-order valence-electron chi connectivity index (χ4n) is 6.12. The van der Waals surface area contributed by atoms with Gasteiger partial charge in [0.2, 0.25) is 5.91 Å². The van der Waals surface area contributed by atoms with E-state index in [1.165, 1.54) is 24.3 Å². The van der Waals surface area contributed by atoms with Crippen LogP contribution in [0.4, 0.5) is 8.78 Å². The molecule has 2 aliphatic rings. The van der Waals surface area contributed by atoms with E-state index in [9.17, 15) is 23.5 Å². The standard InChI is InChI=1S/C38H48F2N2O3/c1-37(2,3)32-24-28(25-33(35(32)44)38(4,5)6)36(45)42-22-20-41(21-23-42)34(43)13-8-7-12-31(27-15-18-30(40)19-16-27)26-10-9-11-29(39)17-14-26/h10-11,14-19,24-25,31,44H,7-9,12-13,20-23H2,1-6H3. The predicted octanol–water partition coefficient (Wildman–Crippen LogP) is 8.49. The summed E-state index contributed by atoms with van der Waals surface area (Å²) < 4.78 is 27.4. The van der Waals surface area contributed by atoms with Crippen molar-refractivity contribution >= 4 is 11.8 Å². The second-order valence-corrected chi connectivity index (χ2v) is 14.3. The zero-order valence-corrected chi connectivity index (χ0v) is 27.6. The van der Waals surface area contributed by atoms with Gasteiger partial charge in [0.05, 0.1) is 0 Å². The second kappa shape index (κ2) is 14.1. The molecule has 45 heavy (non-hydrogen) atoms. The van der Waals surface area contributed by atoms with Gasteiger partial charge < -0.3 is 14.9 Å². The molecule has 0 spiro atoms. The van der Waals surface area contributed by atoms with E-state index in [4.69, 9.17) is 0 Å². The van der Waals surface area contributed by atoms with Gasteiger partial charge in [-0.25, -0.2) is 8.78 Å². The number of benzene rings is 2. The number of unbranched alkanes of at least 4 members (excludes halogenated alkanes) is 1. The zero-order chi connectivity index (χ0) is 32.9. The Bertz CT molecular complexity index is 1430. The van der Waals surface area contributed by atoms with Gasteiger partial charge >= 0.3 is 0 Å². The monoisotopic (exact) mass is 618 g/mol. The average Bonchev–Trinajstić information content (AvgIpc) is 3.20. The Morgan fingerprint density at radius 2 is 1.40 bits per heavy atom. The first kappa shape index (κ1) is 34.1. The number of aromatic hydroxyl groups is 1. The first-order valence-corrected chi connectivity index (χ1v) is 16.1. The lowest BCUT2D eigenvalue weighted by molar-refractivity contribution is -0.132. The number of piperazine rings is 1. The lowest BCUT2D eigenvalue weighted by atomic mass is 9.78. The molecule has 2 aromatic rings. The van der Waals surface area contributed by atoms with Crippen LogP contribution in [0.15, 0.2) is 72.1 Å². The highest BCUT2D eigenvalue weighted by Gasteiger charge is 2.30. The van der Waals surface area contributed by atoms with E-state index in [-0.39, 0.29) is 46.0 Å². The third kappa shape index (κ3) is 8.71. The molecular formula is C38H48F2N2O3. The van der Waals surface area contributed by atoms with Crippen molar-refractivity contribution in [2.24, 2.45) is 0 Å². The van der Waals surface area contributed by atoms with Crippen LogP contribution in [0, 0.1) is 5.82 Å². The summed E-state index contributed by atoms with van der Waals surface area (Å²) in [6.07, 6.45) is 9.99. The lowest BCUT2D eigenvalue weighted by Crippen LogP contribution is -2.50. The first-order valence-electron chi connectivity index (χ1n) is 16.1. The summed E-state index contributed by atoms with van der Waals surface area (Å²) in [6, 6.07) is 10.1. The molecule has 1 saturated heterocycles. The van der Waals surface area contributed by atoms with E-state index in [2.05, 4.69) is 0 Å². The fourth-order valence-corrected chi connectivity index (χ4v) is 6.12. The van der Waals surface area contributed by atoms with Gasteiger partial charge in [0, 0.05) is 55.2 Å². The van der Waals surface area contributed by atoms with Crippen molar-refractivity contribution in [2.45, 2.75) is 90.4 Å². The molecule has 4 rings (SSSR count). The van der Waals surface area contributed by atoms with Crippen LogP contribution in [-0.4, -0.2) is 52.9 Å². The topological polar surface area (TPSA) is 60.9 Å². The highest BCUT2D eigenvalue weighted by atomic mass is 19.1. The minimum Gasteiger partial charge on any atom is -0.507 e. The molecule has 242 valence electrons. The van der Waals surface area contributed by atoms with Gasteiger partial charge in [-0.05, 0) is 77.6 Å². The molecule has 2 amide bonds. The van der Waals surface area contributed by atoms with Gasteiger partial charge in [-0.2, -0.15) is 0 Å². The summed E-state index contributed by atoms with van der Waals surface area (Å²) >= 11 is 0. The molecule has 1 aliphatic heterocycles. The molecule has 1 fully saturated rings. The molecule has 0 radical (unpaired) electrons. The van der Waals surface area contributed by atoms with Crippen molar-refractivity contribution < 1.29 is 23.5 Å². The SMILES string of the molecule is CC(C)(C)c1cc(C(=O)N2CCN(C(=O)CCCCC(C3=CCC=C(F)C=C3)c3ccc(F)cc3)CC2)cc(C(C)(C)C)c1O. The molecule has 1 unspecified atom stereocenters. The number of hydrogen-bond donors (Lipinski definition) is 1. The molecule has 0 saturated carbocycles. The van der Waals surface area contributed by atoms with Crippen LogP contribution in [-0.2, 0) is 15.6 Å². The molecule has 0 aromatic heterocycles. The molecular weight excluding hydrogens is 570 g/mol. The number of carbonyl (C=O) groups is 2. The van der Waals surface area contributed by atoms with Crippen molar-refractivity contribution in [1.82, 2.24) is 9.80 Å². The number of rotatable bonds is 8. The lowest BCUT2D eigenvalue weighted by Gasteiger charge is -2.35. The molecule has 2 aromatic carbocycles. The van der Waals surface area contributed by atoms with Gasteiger partial charge in [-0.15, -0.1) is 0 Å². The first-order chi connectivity index (χ1) is 21.1. The average molecular weight is 619 g/mol. The highest BCUT2D eigenvalue weighted by Crippen LogP contribution is 2.40. The summed E-state index contributed by atoms with van der Waals surface area (Å²) in [5.41, 5.74) is 3.38. The van der Waals surface area contributed by atoms with E-state index < -0.39 is 0 Å². The van der Waals surface area contributed by atoms with E-state index in [1.807, 2.05) is 64.7 Å². The molecule has 1 heterocycles. The Hall–Kier alpha value is -3.74. The Balaban J connectivity index is 1.33. The number of phenols is 1. The quantitative estimate of drug-likeness (QED) is 0.302. The van der Waals surface area contributed by atoms with Crippen molar-refractivity contribution in [3.05, 3.63) is 100 Å². The fraction of sp³-hybridized carbons (Fsp3) is 0.474. The van der Waals surface area contributed by atoms with Crippen molar-refractivity contribution in [1.29, 1.82) is 0 Å². The number of carbonyl (C=O) groups excluding carboxylic acids is 2. The van der Waals surface area contributed by atoms with Gasteiger partial charge in [0.1, 0.15) is 17.4 Å². The summed E-state index contributed by atoms with van der Waals surface area (Å²) in [5, 5.41) is 11.0. The predicted molar refractivity (Wildman–Crippen MR) is 177 cm³/mol. The van der Waals surface area contributed by atoms with Crippen LogP contribution < -0.4 is 0 Å². The van der Waals surface area contributed by atoms with Crippen LogP contribution in [0.2, 0.25) is 0 Å². The van der Waals surface area contributed by atoms with Gasteiger partial charge in [0.25, 0.3) is 5.91 Å². The maximum atomic E-state index is 13.8. The number of nitrogens with zero attached hydrogens (tertiary/aromatic N) is 2. The minimum absolute atomic E-state index is 0.0108. The largest absolute Gasteiger partial charge is 0.507 e. The Labute approximate surface area is 267 Å². The van der Waals surface area contributed by atoms with E-state index >= 15 is 0 Å². The zero-order valence-electron chi connectivity index (χ0n) is 27.6. The number of allylic oxidation sites excluding steroid dienone is 6. The highest BCUT2D eigenvalue weighted by molar-refractivity contribution is 5.95. The third-order valence-electron chi connectivity index (χ3n) is 8.80. The number of hydrogen-bond acceptors (Lipinski definition) is 3. The maximum Gasteiger partial charge on any atom is 0.253 e. The minimum atomic E-state index is -0.330.